The highest BCUT2D eigenvalue weighted by Gasteiger charge is 2.13. The zero-order valence-corrected chi connectivity index (χ0v) is 14.7. The molecular formula is C18H26O6. The first-order valence-corrected chi connectivity index (χ1v) is 8.06. The van der Waals surface area contributed by atoms with Crippen LogP contribution in [0.15, 0.2) is 24.3 Å². The molecule has 0 aliphatic heterocycles. The van der Waals surface area contributed by atoms with Crippen LogP contribution in [0.25, 0.3) is 0 Å². The summed E-state index contributed by atoms with van der Waals surface area (Å²) in [4.78, 5) is 23.3. The van der Waals surface area contributed by atoms with E-state index in [1.54, 1.807) is 6.92 Å². The van der Waals surface area contributed by atoms with Gasteiger partial charge in [0.15, 0.2) is 6.29 Å². The molecule has 0 aliphatic rings. The van der Waals surface area contributed by atoms with E-state index in [4.69, 9.17) is 14.2 Å². The largest absolute Gasteiger partial charge is 0.465 e. The van der Waals surface area contributed by atoms with E-state index < -0.39 is 18.2 Å². The molecule has 1 rings (SSSR count). The van der Waals surface area contributed by atoms with Crippen LogP contribution in [0.3, 0.4) is 0 Å². The first kappa shape index (κ1) is 20.1. The highest BCUT2D eigenvalue weighted by atomic mass is 16.7. The maximum Gasteiger partial charge on any atom is 0.340 e. The minimum Gasteiger partial charge on any atom is -0.465 e. The topological polar surface area (TPSA) is 71.1 Å². The zero-order valence-electron chi connectivity index (χ0n) is 14.7. The Labute approximate surface area is 143 Å². The highest BCUT2D eigenvalue weighted by molar-refractivity contribution is 5.93. The van der Waals surface area contributed by atoms with Gasteiger partial charge in [-0.25, -0.2) is 9.59 Å². The second-order valence-electron chi connectivity index (χ2n) is 5.54. The summed E-state index contributed by atoms with van der Waals surface area (Å²) in [5.74, 6) is -0.949. The smallest absolute Gasteiger partial charge is 0.340 e. The Morgan fingerprint density at radius 3 is 1.88 bits per heavy atom. The normalized spacial score (nSPS) is 12.0. The van der Waals surface area contributed by atoms with Crippen LogP contribution in [0.2, 0.25) is 0 Å². The number of unbranched alkanes of at least 4 members (excludes halogenated alkanes) is 1. The summed E-state index contributed by atoms with van der Waals surface area (Å²) in [5, 5.41) is 0. The minimum atomic E-state index is -0.635. The number of rotatable bonds is 10. The van der Waals surface area contributed by atoms with Crippen molar-refractivity contribution in [1.82, 2.24) is 0 Å². The molecule has 1 aromatic rings. The van der Waals surface area contributed by atoms with Crippen molar-refractivity contribution in [2.75, 3.05) is 20.3 Å². The Bertz CT molecular complexity index is 509. The molecule has 1 unspecified atom stereocenters. The van der Waals surface area contributed by atoms with E-state index in [0.29, 0.717) is 24.3 Å². The van der Waals surface area contributed by atoms with E-state index in [1.165, 1.54) is 31.4 Å². The van der Waals surface area contributed by atoms with Crippen LogP contribution >= 0.6 is 0 Å². The Morgan fingerprint density at radius 2 is 1.38 bits per heavy atom. The average Bonchev–Trinajstić information content (AvgIpc) is 2.57. The number of benzene rings is 1. The molecule has 0 aliphatic carbocycles. The second-order valence-corrected chi connectivity index (χ2v) is 5.54. The van der Waals surface area contributed by atoms with Gasteiger partial charge in [0, 0.05) is 6.61 Å². The molecule has 0 heterocycles. The lowest BCUT2D eigenvalue weighted by Gasteiger charge is -2.14. The summed E-state index contributed by atoms with van der Waals surface area (Å²) in [6.07, 6.45) is 1.33. The van der Waals surface area contributed by atoms with Gasteiger partial charge in [-0.05, 0) is 57.9 Å². The van der Waals surface area contributed by atoms with Crippen LogP contribution in [0, 0.1) is 0 Å². The summed E-state index contributed by atoms with van der Waals surface area (Å²) >= 11 is 0. The molecular weight excluding hydrogens is 312 g/mol. The van der Waals surface area contributed by atoms with Crippen molar-refractivity contribution >= 4 is 11.9 Å². The van der Waals surface area contributed by atoms with Crippen molar-refractivity contribution in [3.8, 4) is 0 Å². The van der Waals surface area contributed by atoms with Gasteiger partial charge in [-0.2, -0.15) is 0 Å². The molecule has 6 heteroatoms. The predicted molar refractivity (Wildman–Crippen MR) is 88.9 cm³/mol. The number of esters is 2. The van der Waals surface area contributed by atoms with E-state index in [1.807, 2.05) is 13.8 Å². The van der Waals surface area contributed by atoms with Crippen LogP contribution in [-0.2, 0) is 18.9 Å². The predicted octanol–water partition coefficient (Wildman–Crippen LogP) is 3.20. The summed E-state index contributed by atoms with van der Waals surface area (Å²) < 4.78 is 20.7. The second kappa shape index (κ2) is 10.8. The fraction of sp³-hybridized carbons (Fsp3) is 0.556. The van der Waals surface area contributed by atoms with Gasteiger partial charge in [-0.1, -0.05) is 0 Å². The van der Waals surface area contributed by atoms with E-state index in [-0.39, 0.29) is 6.10 Å². The van der Waals surface area contributed by atoms with Crippen molar-refractivity contribution in [2.45, 2.75) is 46.0 Å². The van der Waals surface area contributed by atoms with Gasteiger partial charge in [0.05, 0.1) is 30.9 Å². The number of carbonyl (C=O) groups excluding carboxylic acids is 2. The third-order valence-electron chi connectivity index (χ3n) is 3.16. The third-order valence-corrected chi connectivity index (χ3v) is 3.16. The number of hydrogen-bond acceptors (Lipinski definition) is 6. The van der Waals surface area contributed by atoms with E-state index in [9.17, 15) is 9.59 Å². The molecule has 0 saturated carbocycles. The fourth-order valence-electron chi connectivity index (χ4n) is 1.89. The Hall–Kier alpha value is -1.92. The summed E-state index contributed by atoms with van der Waals surface area (Å²) in [6, 6.07) is 6.07. The van der Waals surface area contributed by atoms with Crippen LogP contribution in [0.4, 0.5) is 0 Å². The van der Waals surface area contributed by atoms with Gasteiger partial charge in [0.1, 0.15) is 0 Å². The lowest BCUT2D eigenvalue weighted by atomic mass is 10.1. The first-order valence-electron chi connectivity index (χ1n) is 8.06. The molecule has 6 nitrogen and oxygen atoms in total. The van der Waals surface area contributed by atoms with E-state index >= 15 is 0 Å². The van der Waals surface area contributed by atoms with Crippen LogP contribution in [0.5, 0.6) is 0 Å². The van der Waals surface area contributed by atoms with Crippen LogP contribution in [0.1, 0.15) is 54.3 Å². The van der Waals surface area contributed by atoms with Gasteiger partial charge in [-0.3, -0.25) is 0 Å². The van der Waals surface area contributed by atoms with Crippen LogP contribution < -0.4 is 0 Å². The van der Waals surface area contributed by atoms with Gasteiger partial charge in [-0.15, -0.1) is 0 Å². The first-order chi connectivity index (χ1) is 11.4. The minimum absolute atomic E-state index is 0.233. The van der Waals surface area contributed by atoms with Gasteiger partial charge in [0.2, 0.25) is 0 Å². The molecule has 24 heavy (non-hydrogen) atoms. The maximum absolute atomic E-state index is 12.0. The molecule has 0 N–H and O–H groups in total. The molecule has 0 saturated heterocycles. The molecule has 0 fully saturated rings. The number of carbonyl (C=O) groups is 2. The summed E-state index contributed by atoms with van der Waals surface area (Å²) in [6.45, 7) is 6.86. The lowest BCUT2D eigenvalue weighted by molar-refractivity contribution is -0.0995. The molecule has 0 radical (unpaired) electrons. The standard InChI is InChI=1S/C18H26O6/c1-13(2)22-11-5-6-12-23-14(3)24-18(20)16-9-7-15(8-10-16)17(19)21-4/h7-10,13-14H,5-6,11-12H2,1-4H3. The molecule has 0 spiro atoms. The van der Waals surface area contributed by atoms with E-state index in [0.717, 1.165) is 12.8 Å². The van der Waals surface area contributed by atoms with Crippen molar-refractivity contribution in [3.05, 3.63) is 35.4 Å². The van der Waals surface area contributed by atoms with Gasteiger partial charge < -0.3 is 18.9 Å². The quantitative estimate of drug-likeness (QED) is 0.371. The molecule has 0 aromatic heterocycles. The molecule has 1 aromatic carbocycles. The van der Waals surface area contributed by atoms with Gasteiger partial charge in [0.25, 0.3) is 0 Å². The van der Waals surface area contributed by atoms with Crippen molar-refractivity contribution < 1.29 is 28.5 Å². The molecule has 0 bridgehead atoms. The number of hydrogen-bond donors (Lipinski definition) is 0. The average molecular weight is 338 g/mol. The van der Waals surface area contributed by atoms with Crippen molar-refractivity contribution in [2.24, 2.45) is 0 Å². The maximum atomic E-state index is 12.0. The monoisotopic (exact) mass is 338 g/mol. The fourth-order valence-corrected chi connectivity index (χ4v) is 1.89. The van der Waals surface area contributed by atoms with E-state index in [2.05, 4.69) is 4.74 Å². The number of methoxy groups -OCH3 is 1. The lowest BCUT2D eigenvalue weighted by Crippen LogP contribution is -2.19. The van der Waals surface area contributed by atoms with Crippen molar-refractivity contribution in [1.29, 1.82) is 0 Å². The Balaban J connectivity index is 2.29. The molecule has 134 valence electrons. The van der Waals surface area contributed by atoms with Crippen LogP contribution in [-0.4, -0.2) is 44.7 Å². The summed E-state index contributed by atoms with van der Waals surface area (Å²) in [7, 11) is 1.30. The SMILES string of the molecule is COC(=O)c1ccc(C(=O)OC(C)OCCCCOC(C)C)cc1. The Morgan fingerprint density at radius 1 is 0.875 bits per heavy atom. The van der Waals surface area contributed by atoms with Crippen molar-refractivity contribution in [3.63, 3.8) is 0 Å². The third kappa shape index (κ3) is 7.57. The highest BCUT2D eigenvalue weighted by Crippen LogP contribution is 2.09. The zero-order chi connectivity index (χ0) is 17.9. The van der Waals surface area contributed by atoms with Gasteiger partial charge >= 0.3 is 11.9 Å². The summed E-state index contributed by atoms with van der Waals surface area (Å²) in [5.41, 5.74) is 0.727. The molecule has 1 atom stereocenters. The Kier molecular flexibility index (Phi) is 9.04. The molecule has 0 amide bonds. The number of ether oxygens (including phenoxy) is 4.